The molecule has 17 heavy (non-hydrogen) atoms. The molecule has 0 saturated heterocycles. The molecule has 0 amide bonds. The summed E-state index contributed by atoms with van der Waals surface area (Å²) in [6.45, 7) is 0. The highest BCUT2D eigenvalue weighted by molar-refractivity contribution is 6.68. The van der Waals surface area contributed by atoms with E-state index in [0.717, 1.165) is 0 Å². The van der Waals surface area contributed by atoms with Gasteiger partial charge in [0.1, 0.15) is 10.9 Å². The van der Waals surface area contributed by atoms with Crippen molar-refractivity contribution in [2.45, 2.75) is 0 Å². The molecule has 0 saturated carbocycles. The summed E-state index contributed by atoms with van der Waals surface area (Å²) in [5, 5.41) is 0.505. The number of carbonyl (C=O) groups excluding carboxylic acids is 1. The molecule has 6 heteroatoms. The number of carbonyl (C=O) groups is 1. The second kappa shape index (κ2) is 4.69. The van der Waals surface area contributed by atoms with Gasteiger partial charge in [0.05, 0.1) is 23.2 Å². The fourth-order valence-electron chi connectivity index (χ4n) is 1.45. The highest BCUT2D eigenvalue weighted by Crippen LogP contribution is 2.31. The van der Waals surface area contributed by atoms with Crippen LogP contribution in [0, 0.1) is 0 Å². The number of halogens is 3. The second-order valence-electron chi connectivity index (χ2n) is 3.28. The lowest BCUT2D eigenvalue weighted by Crippen LogP contribution is -1.94. The molecular weight excluding hydrogens is 284 g/mol. The van der Waals surface area contributed by atoms with Gasteiger partial charge >= 0.3 is 0 Å². The van der Waals surface area contributed by atoms with Gasteiger partial charge in [-0.25, -0.2) is 4.98 Å². The van der Waals surface area contributed by atoms with Gasteiger partial charge in [0.25, 0.3) is 5.24 Å². The number of hydrogen-bond donors (Lipinski definition) is 0. The maximum Gasteiger partial charge on any atom is 0.255 e. The lowest BCUT2D eigenvalue weighted by molar-refractivity contribution is 0.108. The fraction of sp³-hybridized carbons (Fsp3) is 0.0909. The Kier molecular flexibility index (Phi) is 3.43. The minimum absolute atomic E-state index is 0.0544. The van der Waals surface area contributed by atoms with E-state index in [9.17, 15) is 4.79 Å². The summed E-state index contributed by atoms with van der Waals surface area (Å²) in [4.78, 5) is 15.2. The Morgan fingerprint density at radius 1 is 1.29 bits per heavy atom. The number of hydrogen-bond acceptors (Lipinski definition) is 3. The highest BCUT2D eigenvalue weighted by atomic mass is 35.5. The van der Waals surface area contributed by atoms with Gasteiger partial charge in [0.2, 0.25) is 0 Å². The number of nitrogens with zero attached hydrogens (tertiary/aromatic N) is 1. The van der Waals surface area contributed by atoms with E-state index in [-0.39, 0.29) is 10.7 Å². The molecule has 0 aliphatic rings. The summed E-state index contributed by atoms with van der Waals surface area (Å²) >= 11 is 17.2. The standard InChI is InChI=1S/C11H6Cl3NO2/c1-17-9-3-5-2-6(11(14)16)10(13)15-8(5)4-7(9)12/h2-4H,1H3. The van der Waals surface area contributed by atoms with Gasteiger partial charge < -0.3 is 4.74 Å². The number of benzene rings is 1. The van der Waals surface area contributed by atoms with Crippen LogP contribution < -0.4 is 4.74 Å². The molecular formula is C11H6Cl3NO2. The largest absolute Gasteiger partial charge is 0.495 e. The van der Waals surface area contributed by atoms with Crippen LogP contribution in [-0.4, -0.2) is 17.3 Å². The molecule has 1 aromatic carbocycles. The fourth-order valence-corrected chi connectivity index (χ4v) is 2.11. The molecule has 0 aliphatic heterocycles. The third kappa shape index (κ3) is 2.32. The van der Waals surface area contributed by atoms with Crippen LogP contribution in [-0.2, 0) is 0 Å². The Bertz CT molecular complexity index is 613. The molecule has 3 nitrogen and oxygen atoms in total. The molecule has 0 unspecified atom stereocenters. The van der Waals surface area contributed by atoms with Crippen LogP contribution in [0.4, 0.5) is 0 Å². The zero-order valence-corrected chi connectivity index (χ0v) is 10.9. The van der Waals surface area contributed by atoms with Gasteiger partial charge in [0.15, 0.2) is 0 Å². The van der Waals surface area contributed by atoms with Gasteiger partial charge in [-0.2, -0.15) is 0 Å². The number of ether oxygens (including phenoxy) is 1. The van der Waals surface area contributed by atoms with Gasteiger partial charge in [-0.1, -0.05) is 23.2 Å². The molecule has 2 rings (SSSR count). The molecule has 0 spiro atoms. The Morgan fingerprint density at radius 3 is 2.59 bits per heavy atom. The third-order valence-corrected chi connectivity index (χ3v) is 3.04. The van der Waals surface area contributed by atoms with E-state index in [2.05, 4.69) is 4.98 Å². The quantitative estimate of drug-likeness (QED) is 0.621. The average molecular weight is 291 g/mol. The van der Waals surface area contributed by atoms with Crippen molar-refractivity contribution < 1.29 is 9.53 Å². The van der Waals surface area contributed by atoms with E-state index >= 15 is 0 Å². The molecule has 0 atom stereocenters. The van der Waals surface area contributed by atoms with Crippen molar-refractivity contribution in [3.8, 4) is 5.75 Å². The van der Waals surface area contributed by atoms with Crippen LogP contribution in [0.1, 0.15) is 10.4 Å². The predicted molar refractivity (Wildman–Crippen MR) is 68.5 cm³/mol. The van der Waals surface area contributed by atoms with E-state index < -0.39 is 5.24 Å². The van der Waals surface area contributed by atoms with Crippen molar-refractivity contribution in [2.24, 2.45) is 0 Å². The van der Waals surface area contributed by atoms with E-state index in [4.69, 9.17) is 39.5 Å². The maximum atomic E-state index is 11.1. The smallest absolute Gasteiger partial charge is 0.255 e. The monoisotopic (exact) mass is 289 g/mol. The van der Waals surface area contributed by atoms with Crippen molar-refractivity contribution >= 4 is 50.9 Å². The van der Waals surface area contributed by atoms with Crippen LogP contribution >= 0.6 is 34.8 Å². The summed E-state index contributed by atoms with van der Waals surface area (Å²) in [5.41, 5.74) is 0.729. The maximum absolute atomic E-state index is 11.1. The molecule has 0 radical (unpaired) electrons. The first-order valence-electron chi connectivity index (χ1n) is 4.56. The third-order valence-electron chi connectivity index (χ3n) is 2.25. The van der Waals surface area contributed by atoms with Gasteiger partial charge in [0, 0.05) is 5.39 Å². The molecule has 0 aliphatic carbocycles. The van der Waals surface area contributed by atoms with Crippen molar-refractivity contribution in [1.82, 2.24) is 4.98 Å². The average Bonchev–Trinajstić information content (AvgIpc) is 2.27. The van der Waals surface area contributed by atoms with Crippen LogP contribution in [0.3, 0.4) is 0 Å². The van der Waals surface area contributed by atoms with Crippen LogP contribution in [0.15, 0.2) is 18.2 Å². The first-order chi connectivity index (χ1) is 8.02. The Morgan fingerprint density at radius 2 is 2.00 bits per heavy atom. The minimum Gasteiger partial charge on any atom is -0.495 e. The van der Waals surface area contributed by atoms with Crippen LogP contribution in [0.25, 0.3) is 10.9 Å². The van der Waals surface area contributed by atoms with Crippen LogP contribution in [0.5, 0.6) is 5.75 Å². The molecule has 0 fully saturated rings. The number of methoxy groups -OCH3 is 1. The Balaban J connectivity index is 2.75. The number of fused-ring (bicyclic) bond motifs is 1. The summed E-state index contributed by atoms with van der Waals surface area (Å²) in [6.07, 6.45) is 0. The molecule has 88 valence electrons. The summed E-state index contributed by atoms with van der Waals surface area (Å²) in [7, 11) is 1.50. The summed E-state index contributed by atoms with van der Waals surface area (Å²) < 4.78 is 5.07. The van der Waals surface area contributed by atoms with Crippen LogP contribution in [0.2, 0.25) is 10.2 Å². The van der Waals surface area contributed by atoms with Gasteiger partial charge in [-0.05, 0) is 29.8 Å². The predicted octanol–water partition coefficient (Wildman–Crippen LogP) is 3.93. The van der Waals surface area contributed by atoms with Crippen molar-refractivity contribution in [3.05, 3.63) is 33.9 Å². The van der Waals surface area contributed by atoms with E-state index in [0.29, 0.717) is 21.7 Å². The lowest BCUT2D eigenvalue weighted by Gasteiger charge is -2.06. The SMILES string of the molecule is COc1cc2cc(C(=O)Cl)c(Cl)nc2cc1Cl. The van der Waals surface area contributed by atoms with Crippen molar-refractivity contribution in [1.29, 1.82) is 0 Å². The van der Waals surface area contributed by atoms with Crippen molar-refractivity contribution in [2.75, 3.05) is 7.11 Å². The molecule has 1 heterocycles. The topological polar surface area (TPSA) is 39.2 Å². The van der Waals surface area contributed by atoms with E-state index in [1.807, 2.05) is 0 Å². The molecule has 0 N–H and O–H groups in total. The zero-order valence-electron chi connectivity index (χ0n) is 8.63. The highest BCUT2D eigenvalue weighted by Gasteiger charge is 2.12. The first-order valence-corrected chi connectivity index (χ1v) is 5.70. The van der Waals surface area contributed by atoms with E-state index in [1.165, 1.54) is 7.11 Å². The summed E-state index contributed by atoms with van der Waals surface area (Å²) in [6, 6.07) is 4.84. The number of aromatic nitrogens is 1. The zero-order chi connectivity index (χ0) is 12.6. The second-order valence-corrected chi connectivity index (χ2v) is 4.39. The number of rotatable bonds is 2. The molecule has 0 bridgehead atoms. The van der Waals surface area contributed by atoms with E-state index in [1.54, 1.807) is 18.2 Å². The van der Waals surface area contributed by atoms with Gasteiger partial charge in [-0.3, -0.25) is 4.79 Å². The number of pyridine rings is 1. The lowest BCUT2D eigenvalue weighted by atomic mass is 10.1. The first kappa shape index (κ1) is 12.4. The Hall–Kier alpha value is -1.03. The molecule has 2 aromatic rings. The minimum atomic E-state index is -0.654. The molecule has 1 aromatic heterocycles. The van der Waals surface area contributed by atoms with Crippen molar-refractivity contribution in [3.63, 3.8) is 0 Å². The van der Waals surface area contributed by atoms with Gasteiger partial charge in [-0.15, -0.1) is 0 Å². The summed E-state index contributed by atoms with van der Waals surface area (Å²) in [5.74, 6) is 0.497. The normalized spacial score (nSPS) is 10.6. The Labute approximate surface area is 112 Å².